The summed E-state index contributed by atoms with van der Waals surface area (Å²) in [4.78, 5) is 2.19. The average Bonchev–Trinajstić information content (AvgIpc) is 2.21. The van der Waals surface area contributed by atoms with E-state index in [4.69, 9.17) is 16.3 Å². The van der Waals surface area contributed by atoms with Gasteiger partial charge >= 0.3 is 0 Å². The summed E-state index contributed by atoms with van der Waals surface area (Å²) in [5.41, 5.74) is 0. The smallest absolute Gasteiger partial charge is 0.124 e. The molecule has 1 aliphatic rings. The van der Waals surface area contributed by atoms with Gasteiger partial charge in [-0.15, -0.1) is 0 Å². The number of alkyl halides is 1. The fourth-order valence-corrected chi connectivity index (χ4v) is 1.98. The third-order valence-corrected chi connectivity index (χ3v) is 2.87. The van der Waals surface area contributed by atoms with Crippen LogP contribution in [-0.4, -0.2) is 37.3 Å². The van der Waals surface area contributed by atoms with Crippen molar-refractivity contribution in [1.29, 1.82) is 0 Å². The van der Waals surface area contributed by atoms with E-state index in [9.17, 15) is 4.39 Å². The van der Waals surface area contributed by atoms with Crippen LogP contribution < -0.4 is 4.74 Å². The lowest BCUT2D eigenvalue weighted by atomic mass is 10.1. The summed E-state index contributed by atoms with van der Waals surface area (Å²) in [6.07, 6.45) is 0.835. The third kappa shape index (κ3) is 3.09. The minimum atomic E-state index is -0.240. The lowest BCUT2D eigenvalue weighted by Crippen LogP contribution is -2.53. The van der Waals surface area contributed by atoms with Gasteiger partial charge in [0.2, 0.25) is 0 Å². The molecule has 0 unspecified atom stereocenters. The molecule has 1 aromatic rings. The number of hydrogen-bond acceptors (Lipinski definition) is 2. The van der Waals surface area contributed by atoms with E-state index in [0.29, 0.717) is 11.4 Å². The molecule has 0 amide bonds. The molecule has 1 aromatic carbocycles. The minimum absolute atomic E-state index is 0.220. The average molecular weight is 244 g/mol. The van der Waals surface area contributed by atoms with Crippen molar-refractivity contribution in [3.63, 3.8) is 0 Å². The van der Waals surface area contributed by atoms with Crippen LogP contribution in [0.15, 0.2) is 24.3 Å². The molecule has 1 fully saturated rings. The summed E-state index contributed by atoms with van der Waals surface area (Å²) in [7, 11) is 0. The Morgan fingerprint density at radius 3 is 2.94 bits per heavy atom. The number of likely N-dealkylation sites (tertiary alicyclic amines) is 1. The molecule has 16 heavy (non-hydrogen) atoms. The topological polar surface area (TPSA) is 12.5 Å². The number of halogens is 2. The van der Waals surface area contributed by atoms with Gasteiger partial charge < -0.3 is 4.74 Å². The second-order valence-corrected chi connectivity index (χ2v) is 4.44. The Labute approximate surface area is 100.0 Å². The van der Waals surface area contributed by atoms with Crippen molar-refractivity contribution < 1.29 is 9.13 Å². The maximum Gasteiger partial charge on any atom is 0.124 e. The number of ether oxygens (including phenoxy) is 1. The van der Waals surface area contributed by atoms with Crippen molar-refractivity contribution >= 4 is 11.6 Å². The van der Waals surface area contributed by atoms with Gasteiger partial charge in [0, 0.05) is 24.7 Å². The summed E-state index contributed by atoms with van der Waals surface area (Å²) < 4.78 is 17.7. The maximum absolute atomic E-state index is 11.9. The molecule has 0 bridgehead atoms. The largest absolute Gasteiger partial charge is 0.488 e. The van der Waals surface area contributed by atoms with Crippen LogP contribution in [0.25, 0.3) is 0 Å². The molecule has 2 nitrogen and oxygen atoms in total. The van der Waals surface area contributed by atoms with Gasteiger partial charge in [0.15, 0.2) is 0 Å². The van der Waals surface area contributed by atoms with Crippen LogP contribution in [-0.2, 0) is 0 Å². The highest BCUT2D eigenvalue weighted by atomic mass is 35.5. The van der Waals surface area contributed by atoms with Gasteiger partial charge in [0.25, 0.3) is 0 Å². The fraction of sp³-hybridized carbons (Fsp3) is 0.500. The van der Waals surface area contributed by atoms with Gasteiger partial charge in [-0.2, -0.15) is 0 Å². The van der Waals surface area contributed by atoms with E-state index in [0.717, 1.165) is 25.4 Å². The highest BCUT2D eigenvalue weighted by molar-refractivity contribution is 6.30. The van der Waals surface area contributed by atoms with Gasteiger partial charge in [-0.3, -0.25) is 9.29 Å². The molecule has 0 N–H and O–H groups in total. The molecular weight excluding hydrogens is 229 g/mol. The summed E-state index contributed by atoms with van der Waals surface area (Å²) in [6, 6.07) is 7.40. The first-order valence-corrected chi connectivity index (χ1v) is 5.86. The molecular formula is C12H15ClFNO. The van der Waals surface area contributed by atoms with Crippen molar-refractivity contribution in [2.24, 2.45) is 0 Å². The molecule has 1 heterocycles. The molecule has 2 rings (SSSR count). The lowest BCUT2D eigenvalue weighted by Gasteiger charge is -2.38. The van der Waals surface area contributed by atoms with Crippen molar-refractivity contribution in [3.05, 3.63) is 29.3 Å². The van der Waals surface area contributed by atoms with Crippen LogP contribution in [0.1, 0.15) is 6.42 Å². The first kappa shape index (κ1) is 11.7. The summed E-state index contributed by atoms with van der Waals surface area (Å²) in [6.45, 7) is 2.35. The molecule has 88 valence electrons. The zero-order chi connectivity index (χ0) is 11.4. The number of hydrogen-bond donors (Lipinski definition) is 0. The SMILES string of the molecule is FCCCN1CC(Oc2cccc(Cl)c2)C1. The Morgan fingerprint density at radius 2 is 2.25 bits per heavy atom. The van der Waals surface area contributed by atoms with E-state index >= 15 is 0 Å². The Hall–Kier alpha value is -0.800. The normalized spacial score (nSPS) is 17.1. The standard InChI is InChI=1S/C12H15ClFNO/c13-10-3-1-4-11(7-10)16-12-8-15(9-12)6-2-5-14/h1,3-4,7,12H,2,5-6,8-9H2. The molecule has 1 aliphatic heterocycles. The Kier molecular flexibility index (Phi) is 4.02. The van der Waals surface area contributed by atoms with E-state index < -0.39 is 0 Å². The molecule has 0 aromatic heterocycles. The molecule has 0 spiro atoms. The number of benzene rings is 1. The van der Waals surface area contributed by atoms with Crippen molar-refractivity contribution in [1.82, 2.24) is 4.90 Å². The number of rotatable bonds is 5. The molecule has 0 atom stereocenters. The second kappa shape index (κ2) is 5.51. The van der Waals surface area contributed by atoms with Gasteiger partial charge in [-0.05, 0) is 24.6 Å². The van der Waals surface area contributed by atoms with Gasteiger partial charge in [-0.1, -0.05) is 17.7 Å². The Morgan fingerprint density at radius 1 is 1.44 bits per heavy atom. The van der Waals surface area contributed by atoms with Crippen LogP contribution in [0, 0.1) is 0 Å². The highest BCUT2D eigenvalue weighted by Gasteiger charge is 2.27. The van der Waals surface area contributed by atoms with Gasteiger partial charge in [0.1, 0.15) is 11.9 Å². The van der Waals surface area contributed by atoms with Crippen molar-refractivity contribution in [2.75, 3.05) is 26.3 Å². The first-order chi connectivity index (χ1) is 7.78. The monoisotopic (exact) mass is 243 g/mol. The van der Waals surface area contributed by atoms with Crippen LogP contribution in [0.5, 0.6) is 5.75 Å². The molecule has 0 saturated carbocycles. The zero-order valence-corrected chi connectivity index (χ0v) is 9.79. The Bertz CT molecular complexity index is 342. The predicted molar refractivity (Wildman–Crippen MR) is 62.9 cm³/mol. The van der Waals surface area contributed by atoms with Crippen LogP contribution >= 0.6 is 11.6 Å². The van der Waals surface area contributed by atoms with E-state index in [1.165, 1.54) is 0 Å². The minimum Gasteiger partial charge on any atom is -0.488 e. The molecule has 1 saturated heterocycles. The molecule has 0 aliphatic carbocycles. The lowest BCUT2D eigenvalue weighted by molar-refractivity contribution is 0.0184. The maximum atomic E-state index is 11.9. The first-order valence-electron chi connectivity index (χ1n) is 5.48. The quantitative estimate of drug-likeness (QED) is 0.789. The molecule has 4 heteroatoms. The van der Waals surface area contributed by atoms with E-state index in [-0.39, 0.29) is 12.8 Å². The van der Waals surface area contributed by atoms with Crippen LogP contribution in [0.4, 0.5) is 4.39 Å². The predicted octanol–water partition coefficient (Wildman–Crippen LogP) is 2.76. The van der Waals surface area contributed by atoms with Crippen molar-refractivity contribution in [3.8, 4) is 5.75 Å². The van der Waals surface area contributed by atoms with E-state index in [2.05, 4.69) is 4.90 Å². The summed E-state index contributed by atoms with van der Waals surface area (Å²) in [5, 5.41) is 0.686. The second-order valence-electron chi connectivity index (χ2n) is 4.00. The van der Waals surface area contributed by atoms with Gasteiger partial charge in [0.05, 0.1) is 6.67 Å². The van der Waals surface area contributed by atoms with E-state index in [1.54, 1.807) is 0 Å². The third-order valence-electron chi connectivity index (χ3n) is 2.63. The summed E-state index contributed by atoms with van der Waals surface area (Å²) in [5.74, 6) is 0.808. The van der Waals surface area contributed by atoms with Gasteiger partial charge in [-0.25, -0.2) is 0 Å². The number of nitrogens with zero attached hydrogens (tertiary/aromatic N) is 1. The summed E-state index contributed by atoms with van der Waals surface area (Å²) >= 11 is 5.85. The fourth-order valence-electron chi connectivity index (χ4n) is 1.80. The zero-order valence-electron chi connectivity index (χ0n) is 9.03. The van der Waals surface area contributed by atoms with Crippen LogP contribution in [0.3, 0.4) is 0 Å². The van der Waals surface area contributed by atoms with Crippen molar-refractivity contribution in [2.45, 2.75) is 12.5 Å². The highest BCUT2D eigenvalue weighted by Crippen LogP contribution is 2.21. The van der Waals surface area contributed by atoms with E-state index in [1.807, 2.05) is 24.3 Å². The van der Waals surface area contributed by atoms with Crippen LogP contribution in [0.2, 0.25) is 5.02 Å². The Balaban J connectivity index is 1.73. The molecule has 0 radical (unpaired) electrons.